The van der Waals surface area contributed by atoms with Gasteiger partial charge in [-0.25, -0.2) is 0 Å². The maximum Gasteiger partial charge on any atom is 0.306 e. The van der Waals surface area contributed by atoms with Crippen LogP contribution in [0.3, 0.4) is 0 Å². The highest BCUT2D eigenvalue weighted by atomic mass is 16.6. The Morgan fingerprint density at radius 2 is 0.474 bits per heavy atom. The molecule has 0 aliphatic heterocycles. The fourth-order valence-electron chi connectivity index (χ4n) is 10.2. The van der Waals surface area contributed by atoms with Crippen LogP contribution in [0.5, 0.6) is 0 Å². The third kappa shape index (κ3) is 62.5. The first-order valence-electron chi connectivity index (χ1n) is 34.0. The highest BCUT2D eigenvalue weighted by Gasteiger charge is 2.19. The molecule has 1 unspecified atom stereocenters. The minimum absolute atomic E-state index is 0.0683. The summed E-state index contributed by atoms with van der Waals surface area (Å²) in [7, 11) is 0. The molecule has 6 nitrogen and oxygen atoms in total. The van der Waals surface area contributed by atoms with Gasteiger partial charge >= 0.3 is 17.9 Å². The summed E-state index contributed by atoms with van der Waals surface area (Å²) in [4.78, 5) is 38.3. The molecule has 6 heteroatoms. The molecule has 0 aliphatic rings. The van der Waals surface area contributed by atoms with Gasteiger partial charge < -0.3 is 14.2 Å². The lowest BCUT2D eigenvalue weighted by Crippen LogP contribution is -2.30. The molecule has 0 aromatic rings. The van der Waals surface area contributed by atoms with Gasteiger partial charge in [0, 0.05) is 19.3 Å². The molecule has 0 amide bonds. The SMILES string of the molecule is CCCCCCC/C=C\C/C=C\CCCCCCCCCCCCCCCCCCCC(=O)OCC(COC(=O)CCCCCCCCCCCCCC)OC(=O)CCCCCCCCC/C=C\CCCCCCCC. The number of unbranched alkanes of at least 4 members (excludes halogenated alkanes) is 46. The molecule has 0 aliphatic carbocycles. The van der Waals surface area contributed by atoms with E-state index >= 15 is 0 Å². The third-order valence-electron chi connectivity index (χ3n) is 15.4. The van der Waals surface area contributed by atoms with Crippen molar-refractivity contribution in [2.45, 2.75) is 380 Å². The predicted octanol–water partition coefficient (Wildman–Crippen LogP) is 23.2. The molecule has 0 aromatic heterocycles. The van der Waals surface area contributed by atoms with Crippen molar-refractivity contribution in [3.63, 3.8) is 0 Å². The molecule has 446 valence electrons. The Kier molecular flexibility index (Phi) is 63.1. The Balaban J connectivity index is 4.16. The lowest BCUT2D eigenvalue weighted by Gasteiger charge is -2.18. The third-order valence-corrected chi connectivity index (χ3v) is 15.4. The molecule has 0 spiro atoms. The average Bonchev–Trinajstić information content (AvgIpc) is 3.42. The van der Waals surface area contributed by atoms with Gasteiger partial charge in [0.15, 0.2) is 6.10 Å². The van der Waals surface area contributed by atoms with E-state index in [0.29, 0.717) is 19.3 Å². The second kappa shape index (κ2) is 65.2. The smallest absolute Gasteiger partial charge is 0.306 e. The van der Waals surface area contributed by atoms with Crippen molar-refractivity contribution in [1.82, 2.24) is 0 Å². The van der Waals surface area contributed by atoms with Crippen molar-refractivity contribution in [1.29, 1.82) is 0 Å². The number of hydrogen-bond donors (Lipinski definition) is 0. The summed E-state index contributed by atoms with van der Waals surface area (Å²) in [5.74, 6) is -0.847. The Hall–Kier alpha value is -2.37. The summed E-state index contributed by atoms with van der Waals surface area (Å²) in [6, 6.07) is 0. The summed E-state index contributed by atoms with van der Waals surface area (Å²) < 4.78 is 16.9. The lowest BCUT2D eigenvalue weighted by molar-refractivity contribution is -0.167. The van der Waals surface area contributed by atoms with E-state index in [1.54, 1.807) is 0 Å². The number of hydrogen-bond acceptors (Lipinski definition) is 6. The zero-order chi connectivity index (χ0) is 55.0. The van der Waals surface area contributed by atoms with Crippen LogP contribution in [0, 0.1) is 0 Å². The molecule has 0 fully saturated rings. The zero-order valence-electron chi connectivity index (χ0n) is 51.3. The van der Waals surface area contributed by atoms with Crippen LogP contribution >= 0.6 is 0 Å². The molecular weight excluding hydrogens is 937 g/mol. The second-order valence-corrected chi connectivity index (χ2v) is 23.1. The first kappa shape index (κ1) is 73.6. The van der Waals surface area contributed by atoms with E-state index in [2.05, 4.69) is 57.2 Å². The van der Waals surface area contributed by atoms with Gasteiger partial charge in [0.05, 0.1) is 0 Å². The van der Waals surface area contributed by atoms with Crippen LogP contribution in [0.2, 0.25) is 0 Å². The minimum atomic E-state index is -0.771. The van der Waals surface area contributed by atoms with E-state index in [4.69, 9.17) is 14.2 Å². The van der Waals surface area contributed by atoms with Crippen molar-refractivity contribution in [2.75, 3.05) is 13.2 Å². The highest BCUT2D eigenvalue weighted by Crippen LogP contribution is 2.18. The van der Waals surface area contributed by atoms with Crippen LogP contribution < -0.4 is 0 Å². The normalized spacial score (nSPS) is 12.2. The molecule has 0 radical (unpaired) electrons. The fourth-order valence-corrected chi connectivity index (χ4v) is 10.2. The summed E-state index contributed by atoms with van der Waals surface area (Å²) in [6.45, 7) is 6.68. The number of esters is 3. The Labute approximate surface area is 474 Å². The lowest BCUT2D eigenvalue weighted by atomic mass is 10.0. The fraction of sp³-hybridized carbons (Fsp3) is 0.871. The summed E-state index contributed by atoms with van der Waals surface area (Å²) >= 11 is 0. The first-order valence-corrected chi connectivity index (χ1v) is 34.0. The van der Waals surface area contributed by atoms with E-state index in [9.17, 15) is 14.4 Å². The van der Waals surface area contributed by atoms with Crippen molar-refractivity contribution in [3.05, 3.63) is 36.5 Å². The van der Waals surface area contributed by atoms with Crippen molar-refractivity contribution < 1.29 is 28.6 Å². The van der Waals surface area contributed by atoms with Crippen molar-refractivity contribution >= 4 is 17.9 Å². The van der Waals surface area contributed by atoms with Gasteiger partial charge in [0.1, 0.15) is 13.2 Å². The van der Waals surface area contributed by atoms with Crippen molar-refractivity contribution in [2.24, 2.45) is 0 Å². The standard InChI is InChI=1S/C70H130O6/c1-4-7-10-13-16-19-22-25-27-29-30-31-32-33-34-35-36-37-38-39-40-42-43-45-48-51-54-57-60-63-69(72)75-66-67(65-74-68(71)62-59-56-53-50-47-24-21-18-15-12-9-6-3)76-70(73)64-61-58-55-52-49-46-44-41-28-26-23-20-17-14-11-8-5-2/h22,25-26,28-30,67H,4-21,23-24,27,31-66H2,1-3H3/b25-22-,28-26-,30-29-. The van der Waals surface area contributed by atoms with Crippen LogP contribution in [0.25, 0.3) is 0 Å². The van der Waals surface area contributed by atoms with Gasteiger partial charge in [-0.05, 0) is 77.0 Å². The second-order valence-electron chi connectivity index (χ2n) is 23.1. The van der Waals surface area contributed by atoms with Gasteiger partial charge in [-0.15, -0.1) is 0 Å². The number of carbonyl (C=O) groups is 3. The molecule has 0 aromatic carbocycles. The van der Waals surface area contributed by atoms with Crippen LogP contribution in [0.4, 0.5) is 0 Å². The maximum absolute atomic E-state index is 12.9. The molecule has 0 bridgehead atoms. The number of rotatable bonds is 63. The number of allylic oxidation sites excluding steroid dienone is 6. The Morgan fingerprint density at radius 1 is 0.263 bits per heavy atom. The van der Waals surface area contributed by atoms with Crippen LogP contribution in [-0.2, 0) is 28.6 Å². The minimum Gasteiger partial charge on any atom is -0.462 e. The van der Waals surface area contributed by atoms with Crippen LogP contribution in [-0.4, -0.2) is 37.2 Å². The van der Waals surface area contributed by atoms with Crippen molar-refractivity contribution in [3.8, 4) is 0 Å². The molecule has 0 saturated heterocycles. The highest BCUT2D eigenvalue weighted by molar-refractivity contribution is 5.71. The van der Waals surface area contributed by atoms with Gasteiger partial charge in [-0.1, -0.05) is 314 Å². The largest absolute Gasteiger partial charge is 0.462 e. The Morgan fingerprint density at radius 3 is 0.737 bits per heavy atom. The van der Waals surface area contributed by atoms with E-state index in [1.807, 2.05) is 0 Å². The summed E-state index contributed by atoms with van der Waals surface area (Å²) in [5.41, 5.74) is 0. The molecule has 0 N–H and O–H groups in total. The quantitative estimate of drug-likeness (QED) is 0.0261. The van der Waals surface area contributed by atoms with E-state index in [-0.39, 0.29) is 31.1 Å². The van der Waals surface area contributed by atoms with E-state index in [1.165, 1.54) is 270 Å². The molecule has 0 heterocycles. The average molecular weight is 1070 g/mol. The summed E-state index contributed by atoms with van der Waals surface area (Å²) in [5, 5.41) is 0. The van der Waals surface area contributed by atoms with Gasteiger partial charge in [0.25, 0.3) is 0 Å². The van der Waals surface area contributed by atoms with E-state index in [0.717, 1.165) is 64.2 Å². The first-order chi connectivity index (χ1) is 37.5. The molecular formula is C70H130O6. The predicted molar refractivity (Wildman–Crippen MR) is 330 cm³/mol. The van der Waals surface area contributed by atoms with Gasteiger partial charge in [-0.2, -0.15) is 0 Å². The zero-order valence-corrected chi connectivity index (χ0v) is 51.3. The summed E-state index contributed by atoms with van der Waals surface area (Å²) in [6.07, 6.45) is 80.3. The maximum atomic E-state index is 12.9. The molecule has 0 saturated carbocycles. The van der Waals surface area contributed by atoms with Gasteiger partial charge in [-0.3, -0.25) is 14.4 Å². The van der Waals surface area contributed by atoms with E-state index < -0.39 is 6.10 Å². The monoisotopic (exact) mass is 1070 g/mol. The van der Waals surface area contributed by atoms with Gasteiger partial charge in [0.2, 0.25) is 0 Å². The molecule has 76 heavy (non-hydrogen) atoms. The molecule has 1 atom stereocenters. The van der Waals surface area contributed by atoms with Crippen LogP contribution in [0.15, 0.2) is 36.5 Å². The molecule has 0 rings (SSSR count). The topological polar surface area (TPSA) is 78.9 Å². The number of carbonyl (C=O) groups excluding carboxylic acids is 3. The number of ether oxygens (including phenoxy) is 3. The Bertz CT molecular complexity index is 1270. The van der Waals surface area contributed by atoms with Crippen LogP contribution in [0.1, 0.15) is 374 Å².